The van der Waals surface area contributed by atoms with Crippen molar-refractivity contribution >= 4 is 6.09 Å². The van der Waals surface area contributed by atoms with Gasteiger partial charge in [-0.1, -0.05) is 0 Å². The maximum absolute atomic E-state index is 11.5. The molecule has 6 heteroatoms. The van der Waals surface area contributed by atoms with Gasteiger partial charge >= 0.3 is 6.09 Å². The molecule has 2 aromatic rings. The number of hydrogen-bond donors (Lipinski definition) is 0. The number of ether oxygens (including phenoxy) is 1. The minimum absolute atomic E-state index is 0.234. The van der Waals surface area contributed by atoms with E-state index >= 15 is 0 Å². The van der Waals surface area contributed by atoms with E-state index in [1.807, 2.05) is 6.92 Å². The van der Waals surface area contributed by atoms with E-state index in [-0.39, 0.29) is 5.88 Å². The van der Waals surface area contributed by atoms with Gasteiger partial charge in [0.05, 0.1) is 0 Å². The Labute approximate surface area is 111 Å². The summed E-state index contributed by atoms with van der Waals surface area (Å²) in [6.07, 6.45) is 2.85. The maximum Gasteiger partial charge on any atom is 0.416 e. The minimum Gasteiger partial charge on any atom is -0.391 e. The fraction of sp³-hybridized carbons (Fsp3) is 0.231. The first-order valence-corrected chi connectivity index (χ1v) is 5.71. The lowest BCUT2D eigenvalue weighted by Gasteiger charge is -2.11. The average molecular weight is 258 g/mol. The summed E-state index contributed by atoms with van der Waals surface area (Å²) in [5, 5.41) is 0. The molecule has 0 unspecified atom stereocenters. The van der Waals surface area contributed by atoms with Crippen LogP contribution in [0.25, 0.3) is 11.4 Å². The van der Waals surface area contributed by atoms with Crippen molar-refractivity contribution in [3.8, 4) is 17.3 Å². The van der Waals surface area contributed by atoms with Crippen LogP contribution in [0.4, 0.5) is 4.79 Å². The second-order valence-electron chi connectivity index (χ2n) is 4.17. The normalized spacial score (nSPS) is 10.1. The number of rotatable bonds is 2. The van der Waals surface area contributed by atoms with Crippen LogP contribution in [0, 0.1) is 6.92 Å². The Morgan fingerprint density at radius 1 is 1.21 bits per heavy atom. The van der Waals surface area contributed by atoms with E-state index in [4.69, 9.17) is 4.74 Å². The van der Waals surface area contributed by atoms with Gasteiger partial charge in [-0.05, 0) is 19.1 Å². The quantitative estimate of drug-likeness (QED) is 0.823. The third-order valence-corrected chi connectivity index (χ3v) is 2.33. The molecule has 0 spiro atoms. The number of amides is 1. The van der Waals surface area contributed by atoms with Crippen molar-refractivity contribution in [2.24, 2.45) is 0 Å². The van der Waals surface area contributed by atoms with E-state index in [9.17, 15) is 4.79 Å². The molecule has 0 saturated carbocycles. The van der Waals surface area contributed by atoms with Crippen molar-refractivity contribution in [3.63, 3.8) is 0 Å². The molecular formula is C13H14N4O2. The lowest BCUT2D eigenvalue weighted by molar-refractivity contribution is 0.170. The predicted molar refractivity (Wildman–Crippen MR) is 69.7 cm³/mol. The van der Waals surface area contributed by atoms with Gasteiger partial charge in [-0.15, -0.1) is 0 Å². The zero-order valence-electron chi connectivity index (χ0n) is 11.0. The molecule has 19 heavy (non-hydrogen) atoms. The molecule has 0 fully saturated rings. The smallest absolute Gasteiger partial charge is 0.391 e. The molecule has 0 saturated heterocycles. The molecule has 6 nitrogen and oxygen atoms in total. The SMILES string of the molecule is Cc1cc(OC(=O)N(C)C)nc(-c2ccncc2)n1. The molecule has 2 aromatic heterocycles. The second kappa shape index (κ2) is 5.43. The molecule has 0 aliphatic heterocycles. The average Bonchev–Trinajstić information content (AvgIpc) is 2.39. The van der Waals surface area contributed by atoms with Crippen molar-refractivity contribution in [1.82, 2.24) is 19.9 Å². The van der Waals surface area contributed by atoms with Gasteiger partial charge in [0.1, 0.15) is 0 Å². The summed E-state index contributed by atoms with van der Waals surface area (Å²) < 4.78 is 5.14. The summed E-state index contributed by atoms with van der Waals surface area (Å²) in [5.41, 5.74) is 1.55. The zero-order chi connectivity index (χ0) is 13.8. The molecule has 2 rings (SSSR count). The van der Waals surface area contributed by atoms with Crippen LogP contribution in [0.1, 0.15) is 5.69 Å². The van der Waals surface area contributed by atoms with E-state index in [2.05, 4.69) is 15.0 Å². The highest BCUT2D eigenvalue weighted by Crippen LogP contribution is 2.18. The number of nitrogens with zero attached hydrogens (tertiary/aromatic N) is 4. The van der Waals surface area contributed by atoms with Crippen molar-refractivity contribution in [1.29, 1.82) is 0 Å². The Kier molecular flexibility index (Phi) is 3.70. The van der Waals surface area contributed by atoms with Crippen LogP contribution in [0.3, 0.4) is 0 Å². The van der Waals surface area contributed by atoms with Gasteiger partial charge in [0.25, 0.3) is 0 Å². The van der Waals surface area contributed by atoms with E-state index in [1.165, 1.54) is 4.90 Å². The Morgan fingerprint density at radius 3 is 2.53 bits per heavy atom. The third-order valence-electron chi connectivity index (χ3n) is 2.33. The maximum atomic E-state index is 11.5. The number of aromatic nitrogens is 3. The van der Waals surface area contributed by atoms with Gasteiger partial charge < -0.3 is 9.64 Å². The van der Waals surface area contributed by atoms with Crippen LogP contribution in [0.5, 0.6) is 5.88 Å². The molecule has 0 aliphatic rings. The van der Waals surface area contributed by atoms with Crippen molar-refractivity contribution < 1.29 is 9.53 Å². The first-order chi connectivity index (χ1) is 9.06. The lowest BCUT2D eigenvalue weighted by atomic mass is 10.2. The number of hydrogen-bond acceptors (Lipinski definition) is 5. The van der Waals surface area contributed by atoms with E-state index in [0.29, 0.717) is 5.82 Å². The highest BCUT2D eigenvalue weighted by Gasteiger charge is 2.11. The molecule has 0 aliphatic carbocycles. The number of aryl methyl sites for hydroxylation is 1. The summed E-state index contributed by atoms with van der Waals surface area (Å²) >= 11 is 0. The predicted octanol–water partition coefficient (Wildman–Crippen LogP) is 1.91. The molecule has 2 heterocycles. The van der Waals surface area contributed by atoms with Crippen LogP contribution in [-0.2, 0) is 0 Å². The van der Waals surface area contributed by atoms with Crippen LogP contribution < -0.4 is 4.74 Å². The van der Waals surface area contributed by atoms with E-state index in [0.717, 1.165) is 11.3 Å². The third kappa shape index (κ3) is 3.25. The Bertz CT molecular complexity index is 584. The Balaban J connectivity index is 2.33. The van der Waals surface area contributed by atoms with Gasteiger partial charge in [0.2, 0.25) is 5.88 Å². The molecule has 0 bridgehead atoms. The zero-order valence-corrected chi connectivity index (χ0v) is 11.0. The van der Waals surface area contributed by atoms with Crippen LogP contribution >= 0.6 is 0 Å². The van der Waals surface area contributed by atoms with Crippen molar-refractivity contribution in [2.75, 3.05) is 14.1 Å². The lowest BCUT2D eigenvalue weighted by Crippen LogP contribution is -2.25. The van der Waals surface area contributed by atoms with Gasteiger partial charge in [-0.2, -0.15) is 4.98 Å². The largest absolute Gasteiger partial charge is 0.416 e. The molecule has 1 amide bonds. The summed E-state index contributed by atoms with van der Waals surface area (Å²) in [4.78, 5) is 25.3. The van der Waals surface area contributed by atoms with Gasteiger partial charge in [-0.25, -0.2) is 9.78 Å². The van der Waals surface area contributed by atoms with Crippen LogP contribution in [-0.4, -0.2) is 40.0 Å². The van der Waals surface area contributed by atoms with Crippen molar-refractivity contribution in [3.05, 3.63) is 36.3 Å². The fourth-order valence-electron chi connectivity index (χ4n) is 1.40. The number of carbonyl (C=O) groups excluding carboxylic acids is 1. The summed E-state index contributed by atoms with van der Waals surface area (Å²) in [6.45, 7) is 1.82. The summed E-state index contributed by atoms with van der Waals surface area (Å²) in [6, 6.07) is 5.21. The van der Waals surface area contributed by atoms with Gasteiger partial charge in [-0.3, -0.25) is 4.98 Å². The van der Waals surface area contributed by atoms with Gasteiger partial charge in [0.15, 0.2) is 5.82 Å². The Hall–Kier alpha value is -2.50. The number of pyridine rings is 1. The first kappa shape index (κ1) is 12.9. The summed E-state index contributed by atoms with van der Waals surface area (Å²) in [7, 11) is 3.22. The molecule has 98 valence electrons. The highest BCUT2D eigenvalue weighted by molar-refractivity contribution is 5.69. The Morgan fingerprint density at radius 2 is 1.89 bits per heavy atom. The standard InChI is InChI=1S/C13H14N4O2/c1-9-8-11(19-13(18)17(2)3)16-12(15-9)10-4-6-14-7-5-10/h4-8H,1-3H3. The molecule has 0 N–H and O–H groups in total. The van der Waals surface area contributed by atoms with Crippen molar-refractivity contribution in [2.45, 2.75) is 6.92 Å². The second-order valence-corrected chi connectivity index (χ2v) is 4.17. The van der Waals surface area contributed by atoms with E-state index < -0.39 is 6.09 Å². The molecule has 0 radical (unpaired) electrons. The highest BCUT2D eigenvalue weighted by atomic mass is 16.6. The van der Waals surface area contributed by atoms with Gasteiger partial charge in [0, 0.05) is 43.8 Å². The topological polar surface area (TPSA) is 68.2 Å². The fourth-order valence-corrected chi connectivity index (χ4v) is 1.40. The van der Waals surface area contributed by atoms with Crippen LogP contribution in [0.2, 0.25) is 0 Å². The first-order valence-electron chi connectivity index (χ1n) is 5.71. The summed E-state index contributed by atoms with van der Waals surface area (Å²) in [5.74, 6) is 0.738. The van der Waals surface area contributed by atoms with E-state index in [1.54, 1.807) is 44.7 Å². The monoisotopic (exact) mass is 258 g/mol. The molecule has 0 atom stereocenters. The molecular weight excluding hydrogens is 244 g/mol. The minimum atomic E-state index is -0.473. The number of carbonyl (C=O) groups is 1. The van der Waals surface area contributed by atoms with Crippen LogP contribution in [0.15, 0.2) is 30.6 Å². The molecule has 0 aromatic carbocycles.